The van der Waals surface area contributed by atoms with Crippen molar-refractivity contribution in [3.63, 3.8) is 0 Å². The van der Waals surface area contributed by atoms with Gasteiger partial charge < -0.3 is 0 Å². The first kappa shape index (κ1) is 14.3. The van der Waals surface area contributed by atoms with Crippen LogP contribution in [0.4, 0.5) is 17.6 Å². The topological polar surface area (TPSA) is 29.4 Å². The Hall–Kier alpha value is -1.72. The lowest BCUT2D eigenvalue weighted by Crippen LogP contribution is -2.24. The van der Waals surface area contributed by atoms with Gasteiger partial charge in [0, 0.05) is 5.71 Å². The van der Waals surface area contributed by atoms with Crippen LogP contribution in [0.25, 0.3) is 0 Å². The van der Waals surface area contributed by atoms with E-state index in [9.17, 15) is 22.4 Å². The molecule has 0 unspecified atom stereocenters. The zero-order chi connectivity index (χ0) is 13.8. The highest BCUT2D eigenvalue weighted by Gasteiger charge is 2.37. The zero-order valence-corrected chi connectivity index (χ0v) is 9.59. The smallest absolute Gasteiger partial charge is 0.289 e. The molecule has 0 heterocycles. The molecule has 2 nitrogen and oxygen atoms in total. The summed E-state index contributed by atoms with van der Waals surface area (Å²) < 4.78 is 48.5. The molecule has 1 aromatic carbocycles. The molecule has 0 aliphatic rings. The molecule has 0 amide bonds. The fourth-order valence-corrected chi connectivity index (χ4v) is 1.20. The molecule has 0 bridgehead atoms. The number of benzene rings is 1. The molecule has 0 radical (unpaired) electrons. The van der Waals surface area contributed by atoms with E-state index in [1.165, 1.54) is 31.2 Å². The van der Waals surface area contributed by atoms with E-state index >= 15 is 0 Å². The van der Waals surface area contributed by atoms with Crippen molar-refractivity contribution in [2.75, 3.05) is 0 Å². The molecule has 0 saturated carbocycles. The first-order valence-corrected chi connectivity index (χ1v) is 5.13. The number of alkyl halides is 3. The Bertz CT molecular complexity index is 448. The van der Waals surface area contributed by atoms with Gasteiger partial charge in [-0.3, -0.25) is 9.79 Å². The van der Waals surface area contributed by atoms with Crippen molar-refractivity contribution in [2.45, 2.75) is 26.1 Å². The monoisotopic (exact) mass is 261 g/mol. The van der Waals surface area contributed by atoms with E-state index in [0.29, 0.717) is 5.56 Å². The summed E-state index contributed by atoms with van der Waals surface area (Å²) in [5.41, 5.74) is 0.761. The molecular weight excluding hydrogens is 250 g/mol. The van der Waals surface area contributed by atoms with Crippen molar-refractivity contribution in [3.05, 3.63) is 35.6 Å². The van der Waals surface area contributed by atoms with Gasteiger partial charge in [-0.15, -0.1) is 0 Å². The molecule has 1 rings (SSSR count). The number of hydrogen-bond donors (Lipinski definition) is 0. The Labute approximate surface area is 101 Å². The summed E-state index contributed by atoms with van der Waals surface area (Å²) >= 11 is 0. The van der Waals surface area contributed by atoms with Crippen LogP contribution in [-0.2, 0) is 11.3 Å². The maximum atomic E-state index is 12.6. The molecule has 18 heavy (non-hydrogen) atoms. The van der Waals surface area contributed by atoms with Gasteiger partial charge in [0.05, 0.1) is 13.0 Å². The molecule has 0 saturated heterocycles. The molecule has 0 N–H and O–H groups in total. The van der Waals surface area contributed by atoms with E-state index in [2.05, 4.69) is 4.99 Å². The number of carbonyl (C=O) groups excluding carboxylic acids is 1. The second-order valence-corrected chi connectivity index (χ2v) is 3.78. The van der Waals surface area contributed by atoms with Crippen LogP contribution in [0.3, 0.4) is 0 Å². The zero-order valence-electron chi connectivity index (χ0n) is 9.59. The van der Waals surface area contributed by atoms with Crippen molar-refractivity contribution >= 4 is 11.5 Å². The minimum absolute atomic E-state index is 0.0988. The molecule has 6 heteroatoms. The number of nitrogens with zero attached hydrogens (tertiary/aromatic N) is 1. The number of aliphatic imine (C=N–C) groups is 1. The third kappa shape index (κ3) is 4.65. The van der Waals surface area contributed by atoms with Crippen LogP contribution in [0, 0.1) is 5.82 Å². The van der Waals surface area contributed by atoms with E-state index in [4.69, 9.17) is 0 Å². The van der Waals surface area contributed by atoms with Gasteiger partial charge in [-0.05, 0) is 24.6 Å². The van der Waals surface area contributed by atoms with Gasteiger partial charge in [0.25, 0.3) is 0 Å². The molecular formula is C12H11F4NO. The van der Waals surface area contributed by atoms with Crippen molar-refractivity contribution in [3.8, 4) is 0 Å². The Morgan fingerprint density at radius 3 is 2.28 bits per heavy atom. The summed E-state index contributed by atoms with van der Waals surface area (Å²) in [7, 11) is 0. The summed E-state index contributed by atoms with van der Waals surface area (Å²) in [6.45, 7) is 1.48. The Balaban J connectivity index is 2.57. The molecule has 0 fully saturated rings. The van der Waals surface area contributed by atoms with Crippen LogP contribution in [0.5, 0.6) is 0 Å². The van der Waals surface area contributed by atoms with Crippen LogP contribution in [-0.4, -0.2) is 17.7 Å². The minimum atomic E-state index is -4.83. The van der Waals surface area contributed by atoms with E-state index in [1.807, 2.05) is 0 Å². The third-order valence-electron chi connectivity index (χ3n) is 2.18. The van der Waals surface area contributed by atoms with Crippen molar-refractivity contribution in [1.29, 1.82) is 0 Å². The van der Waals surface area contributed by atoms with Crippen LogP contribution in [0.2, 0.25) is 0 Å². The highest BCUT2D eigenvalue weighted by atomic mass is 19.4. The first-order valence-electron chi connectivity index (χ1n) is 5.13. The number of hydrogen-bond acceptors (Lipinski definition) is 2. The van der Waals surface area contributed by atoms with E-state index < -0.39 is 24.2 Å². The highest BCUT2D eigenvalue weighted by Crippen LogP contribution is 2.18. The normalized spacial score (nSPS) is 12.6. The molecule has 0 spiro atoms. The standard InChI is InChI=1S/C12H11F4NO/c1-8(6-11(18)12(14,15)16)17-7-9-2-4-10(13)5-3-9/h2-5H,6-7H2,1H3. The van der Waals surface area contributed by atoms with Gasteiger partial charge in [0.2, 0.25) is 5.78 Å². The van der Waals surface area contributed by atoms with Gasteiger partial charge in [-0.2, -0.15) is 13.2 Å². The lowest BCUT2D eigenvalue weighted by atomic mass is 10.2. The quantitative estimate of drug-likeness (QED) is 0.604. The number of Topliss-reactive ketones (excluding diaryl/α,β-unsaturated/α-hetero) is 1. The van der Waals surface area contributed by atoms with Gasteiger partial charge in [-0.1, -0.05) is 12.1 Å². The molecule has 0 atom stereocenters. The fraction of sp³-hybridized carbons (Fsp3) is 0.333. The fourth-order valence-electron chi connectivity index (χ4n) is 1.20. The number of halogens is 4. The largest absolute Gasteiger partial charge is 0.450 e. The average molecular weight is 261 g/mol. The molecule has 0 aromatic heterocycles. The lowest BCUT2D eigenvalue weighted by Gasteiger charge is -2.04. The average Bonchev–Trinajstić information content (AvgIpc) is 2.27. The molecule has 1 aromatic rings. The predicted molar refractivity (Wildman–Crippen MR) is 58.9 cm³/mol. The van der Waals surface area contributed by atoms with Crippen LogP contribution < -0.4 is 0 Å². The summed E-state index contributed by atoms with van der Waals surface area (Å²) in [5, 5.41) is 0. The Morgan fingerprint density at radius 2 is 1.78 bits per heavy atom. The number of carbonyl (C=O) groups is 1. The maximum Gasteiger partial charge on any atom is 0.450 e. The number of rotatable bonds is 4. The van der Waals surface area contributed by atoms with Gasteiger partial charge in [0.1, 0.15) is 5.82 Å². The van der Waals surface area contributed by atoms with Crippen LogP contribution >= 0.6 is 0 Å². The van der Waals surface area contributed by atoms with Crippen LogP contribution in [0.1, 0.15) is 18.9 Å². The van der Waals surface area contributed by atoms with Crippen molar-refractivity contribution in [2.24, 2.45) is 4.99 Å². The maximum absolute atomic E-state index is 12.6. The van der Waals surface area contributed by atoms with E-state index in [0.717, 1.165) is 0 Å². The van der Waals surface area contributed by atoms with Crippen molar-refractivity contribution < 1.29 is 22.4 Å². The second kappa shape index (κ2) is 5.75. The predicted octanol–water partition coefficient (Wildman–Crippen LogP) is 3.31. The van der Waals surface area contributed by atoms with Crippen molar-refractivity contribution in [1.82, 2.24) is 0 Å². The molecule has 98 valence electrons. The summed E-state index contributed by atoms with van der Waals surface area (Å²) in [4.78, 5) is 14.5. The van der Waals surface area contributed by atoms with Gasteiger partial charge >= 0.3 is 6.18 Å². The molecule has 0 aliphatic heterocycles. The Kier molecular flexibility index (Phi) is 4.58. The lowest BCUT2D eigenvalue weighted by molar-refractivity contribution is -0.169. The minimum Gasteiger partial charge on any atom is -0.289 e. The SMILES string of the molecule is CC(CC(=O)C(F)(F)F)=NCc1ccc(F)cc1. The van der Waals surface area contributed by atoms with Gasteiger partial charge in [0.15, 0.2) is 0 Å². The summed E-state index contributed by atoms with van der Waals surface area (Å²) in [6.07, 6.45) is -5.57. The summed E-state index contributed by atoms with van der Waals surface area (Å²) in [6, 6.07) is 5.44. The van der Waals surface area contributed by atoms with Crippen LogP contribution in [0.15, 0.2) is 29.3 Å². The molecule has 0 aliphatic carbocycles. The van der Waals surface area contributed by atoms with Gasteiger partial charge in [-0.25, -0.2) is 4.39 Å². The third-order valence-corrected chi connectivity index (χ3v) is 2.18. The summed E-state index contributed by atoms with van der Waals surface area (Å²) in [5.74, 6) is -2.21. The first-order chi connectivity index (χ1) is 8.29. The highest BCUT2D eigenvalue weighted by molar-refractivity contribution is 6.03. The second-order valence-electron chi connectivity index (χ2n) is 3.78. The number of ketones is 1. The van der Waals surface area contributed by atoms with E-state index in [1.54, 1.807) is 0 Å². The van der Waals surface area contributed by atoms with E-state index in [-0.39, 0.29) is 12.3 Å². The Morgan fingerprint density at radius 1 is 1.22 bits per heavy atom.